The maximum Gasteiger partial charge on any atom is 0.151 e. The summed E-state index contributed by atoms with van der Waals surface area (Å²) < 4.78 is 16.1. The molecule has 0 radical (unpaired) electrons. The van der Waals surface area contributed by atoms with Gasteiger partial charge in [0.2, 0.25) is 0 Å². The number of rotatable bonds is 3. The van der Waals surface area contributed by atoms with Crippen molar-refractivity contribution in [2.75, 3.05) is 5.88 Å². The predicted molar refractivity (Wildman–Crippen MR) is 76.2 cm³/mol. The van der Waals surface area contributed by atoms with E-state index in [4.69, 9.17) is 11.6 Å². The van der Waals surface area contributed by atoms with E-state index >= 15 is 0 Å². The van der Waals surface area contributed by atoms with Crippen molar-refractivity contribution in [3.05, 3.63) is 29.8 Å². The molecule has 102 valence electrons. The zero-order chi connectivity index (χ0) is 13.2. The van der Waals surface area contributed by atoms with Crippen LogP contribution in [0.15, 0.2) is 18.2 Å². The minimum absolute atomic E-state index is 0.233. The third-order valence-electron chi connectivity index (χ3n) is 4.00. The molecule has 3 rings (SSSR count). The summed E-state index contributed by atoms with van der Waals surface area (Å²) in [7, 11) is 0. The van der Waals surface area contributed by atoms with E-state index in [0.29, 0.717) is 23.9 Å². The molecule has 0 amide bonds. The monoisotopic (exact) mass is 280 g/mol. The minimum atomic E-state index is -0.233. The molecule has 0 saturated heterocycles. The Hall–Kier alpha value is -1.09. The molecule has 2 aromatic rings. The Morgan fingerprint density at radius 3 is 2.79 bits per heavy atom. The highest BCUT2D eigenvalue weighted by atomic mass is 35.5. The zero-order valence-electron chi connectivity index (χ0n) is 10.9. The van der Waals surface area contributed by atoms with E-state index in [-0.39, 0.29) is 5.82 Å². The first-order valence-electron chi connectivity index (χ1n) is 7.02. The second-order valence-electron chi connectivity index (χ2n) is 5.24. The van der Waals surface area contributed by atoms with Crippen molar-refractivity contribution in [2.45, 2.75) is 44.6 Å². The first kappa shape index (κ1) is 12.9. The fourth-order valence-corrected chi connectivity index (χ4v) is 3.31. The van der Waals surface area contributed by atoms with Crippen molar-refractivity contribution >= 4 is 22.6 Å². The number of alkyl halides is 1. The summed E-state index contributed by atoms with van der Waals surface area (Å²) in [5.74, 6) is 1.22. The Morgan fingerprint density at radius 2 is 2.05 bits per heavy atom. The van der Waals surface area contributed by atoms with E-state index in [0.717, 1.165) is 24.2 Å². The molecule has 1 aromatic heterocycles. The predicted octanol–water partition coefficient (Wildman–Crippen LogP) is 4.46. The molecule has 1 heterocycles. The highest BCUT2D eigenvalue weighted by molar-refractivity contribution is 6.17. The lowest BCUT2D eigenvalue weighted by atomic mass is 9.95. The molecule has 1 fully saturated rings. The van der Waals surface area contributed by atoms with Gasteiger partial charge in [-0.2, -0.15) is 0 Å². The lowest BCUT2D eigenvalue weighted by Gasteiger charge is -2.25. The molecule has 1 saturated carbocycles. The Kier molecular flexibility index (Phi) is 3.74. The molecule has 19 heavy (non-hydrogen) atoms. The van der Waals surface area contributed by atoms with Gasteiger partial charge in [-0.15, -0.1) is 11.6 Å². The maximum atomic E-state index is 13.9. The summed E-state index contributed by atoms with van der Waals surface area (Å²) in [6.45, 7) is 0. The van der Waals surface area contributed by atoms with Gasteiger partial charge in [0.05, 0.1) is 5.52 Å². The van der Waals surface area contributed by atoms with Gasteiger partial charge in [-0.1, -0.05) is 25.3 Å². The van der Waals surface area contributed by atoms with Crippen LogP contribution in [0.3, 0.4) is 0 Å². The minimum Gasteiger partial charge on any atom is -0.325 e. The molecule has 1 aliphatic rings. The summed E-state index contributed by atoms with van der Waals surface area (Å²) in [6, 6.07) is 5.67. The molecule has 0 N–H and O–H groups in total. The third-order valence-corrected chi connectivity index (χ3v) is 4.19. The van der Waals surface area contributed by atoms with Crippen LogP contribution in [0.4, 0.5) is 4.39 Å². The number of aromatic nitrogens is 2. The summed E-state index contributed by atoms with van der Waals surface area (Å²) in [5, 5.41) is 0. The lowest BCUT2D eigenvalue weighted by Crippen LogP contribution is -2.15. The van der Waals surface area contributed by atoms with Crippen LogP contribution in [0.25, 0.3) is 11.0 Å². The lowest BCUT2D eigenvalue weighted by molar-refractivity contribution is 0.353. The number of hydrogen-bond donors (Lipinski definition) is 0. The molecule has 2 nitrogen and oxygen atoms in total. The molecule has 0 bridgehead atoms. The second-order valence-corrected chi connectivity index (χ2v) is 5.61. The number of aryl methyl sites for hydroxylation is 1. The standard InChI is InChI=1S/C15H18ClFN2/c16-10-9-14-18-15-12(17)7-4-8-13(15)19(14)11-5-2-1-3-6-11/h4,7-8,11H,1-3,5-6,9-10H2. The van der Waals surface area contributed by atoms with Crippen LogP contribution in [0.2, 0.25) is 0 Å². The van der Waals surface area contributed by atoms with Crippen molar-refractivity contribution in [2.24, 2.45) is 0 Å². The number of para-hydroxylation sites is 1. The van der Waals surface area contributed by atoms with Crippen LogP contribution in [0.5, 0.6) is 0 Å². The van der Waals surface area contributed by atoms with E-state index in [9.17, 15) is 4.39 Å². The molecular formula is C15H18ClFN2. The molecule has 0 unspecified atom stereocenters. The maximum absolute atomic E-state index is 13.9. The Morgan fingerprint density at radius 1 is 1.26 bits per heavy atom. The van der Waals surface area contributed by atoms with E-state index in [1.165, 1.54) is 25.3 Å². The number of fused-ring (bicyclic) bond motifs is 1. The number of benzene rings is 1. The summed E-state index contributed by atoms with van der Waals surface area (Å²) >= 11 is 5.87. The quantitative estimate of drug-likeness (QED) is 0.759. The van der Waals surface area contributed by atoms with Gasteiger partial charge in [-0.05, 0) is 25.0 Å². The second kappa shape index (κ2) is 5.49. The summed E-state index contributed by atoms with van der Waals surface area (Å²) in [5.41, 5.74) is 1.42. The van der Waals surface area contributed by atoms with E-state index < -0.39 is 0 Å². The van der Waals surface area contributed by atoms with Gasteiger partial charge in [-0.3, -0.25) is 0 Å². The molecule has 0 atom stereocenters. The molecular weight excluding hydrogens is 263 g/mol. The van der Waals surface area contributed by atoms with E-state index in [1.807, 2.05) is 6.07 Å². The average molecular weight is 281 g/mol. The third kappa shape index (κ3) is 2.36. The van der Waals surface area contributed by atoms with Crippen LogP contribution < -0.4 is 0 Å². The van der Waals surface area contributed by atoms with Crippen molar-refractivity contribution in [3.63, 3.8) is 0 Å². The SMILES string of the molecule is Fc1cccc2c1nc(CCCl)n2C1CCCCC1. The number of halogens is 2. The van der Waals surface area contributed by atoms with Crippen LogP contribution in [-0.4, -0.2) is 15.4 Å². The Bertz CT molecular complexity index is 573. The van der Waals surface area contributed by atoms with E-state index in [1.54, 1.807) is 6.07 Å². The normalized spacial score (nSPS) is 17.2. The first-order valence-corrected chi connectivity index (χ1v) is 7.56. The van der Waals surface area contributed by atoms with Gasteiger partial charge < -0.3 is 4.57 Å². The molecule has 0 spiro atoms. The highest BCUT2D eigenvalue weighted by Gasteiger charge is 2.22. The fraction of sp³-hybridized carbons (Fsp3) is 0.533. The molecule has 1 aliphatic carbocycles. The van der Waals surface area contributed by atoms with Gasteiger partial charge in [0.15, 0.2) is 5.82 Å². The molecule has 0 aliphatic heterocycles. The van der Waals surface area contributed by atoms with Crippen LogP contribution >= 0.6 is 11.6 Å². The number of hydrogen-bond acceptors (Lipinski definition) is 1. The number of imidazole rings is 1. The van der Waals surface area contributed by atoms with Gasteiger partial charge in [0.25, 0.3) is 0 Å². The van der Waals surface area contributed by atoms with Gasteiger partial charge in [-0.25, -0.2) is 9.37 Å². The van der Waals surface area contributed by atoms with E-state index in [2.05, 4.69) is 9.55 Å². The van der Waals surface area contributed by atoms with Crippen molar-refractivity contribution in [1.82, 2.24) is 9.55 Å². The van der Waals surface area contributed by atoms with Crippen molar-refractivity contribution < 1.29 is 4.39 Å². The molecule has 1 aromatic carbocycles. The van der Waals surface area contributed by atoms with Gasteiger partial charge in [0, 0.05) is 18.3 Å². The highest BCUT2D eigenvalue weighted by Crippen LogP contribution is 2.33. The topological polar surface area (TPSA) is 17.8 Å². The summed E-state index contributed by atoms with van der Waals surface area (Å²) in [6.07, 6.45) is 6.84. The van der Waals surface area contributed by atoms with Crippen molar-refractivity contribution in [1.29, 1.82) is 0 Å². The Balaban J connectivity index is 2.13. The van der Waals surface area contributed by atoms with Crippen LogP contribution in [0, 0.1) is 5.82 Å². The molecule has 4 heteroatoms. The first-order chi connectivity index (χ1) is 9.31. The van der Waals surface area contributed by atoms with Crippen LogP contribution in [-0.2, 0) is 6.42 Å². The Labute approximate surface area is 117 Å². The zero-order valence-corrected chi connectivity index (χ0v) is 11.7. The summed E-state index contributed by atoms with van der Waals surface area (Å²) in [4.78, 5) is 4.48. The smallest absolute Gasteiger partial charge is 0.151 e. The number of nitrogens with zero attached hydrogens (tertiary/aromatic N) is 2. The largest absolute Gasteiger partial charge is 0.325 e. The fourth-order valence-electron chi connectivity index (χ4n) is 3.14. The van der Waals surface area contributed by atoms with Gasteiger partial charge in [0.1, 0.15) is 11.3 Å². The van der Waals surface area contributed by atoms with Crippen molar-refractivity contribution in [3.8, 4) is 0 Å². The van der Waals surface area contributed by atoms with Crippen LogP contribution in [0.1, 0.15) is 44.0 Å². The van der Waals surface area contributed by atoms with Gasteiger partial charge >= 0.3 is 0 Å². The average Bonchev–Trinajstić information content (AvgIpc) is 2.80.